The van der Waals surface area contributed by atoms with E-state index in [0.29, 0.717) is 11.4 Å². The van der Waals surface area contributed by atoms with Crippen LogP contribution in [0.2, 0.25) is 0 Å². The van der Waals surface area contributed by atoms with Crippen molar-refractivity contribution >= 4 is 15.5 Å². The van der Waals surface area contributed by atoms with Crippen molar-refractivity contribution < 1.29 is 8.42 Å². The predicted octanol–water partition coefficient (Wildman–Crippen LogP) is 0.237. The highest BCUT2D eigenvalue weighted by Crippen LogP contribution is 2.31. The van der Waals surface area contributed by atoms with Crippen molar-refractivity contribution in [3.8, 4) is 0 Å². The smallest absolute Gasteiger partial charge is 0.182 e. The molecule has 1 aromatic rings. The summed E-state index contributed by atoms with van der Waals surface area (Å²) in [6, 6.07) is 6.92. The minimum absolute atomic E-state index is 0.108. The fourth-order valence-corrected chi connectivity index (χ4v) is 3.75. The van der Waals surface area contributed by atoms with Crippen LogP contribution in [0.4, 0.5) is 5.69 Å². The first kappa shape index (κ1) is 10.4. The van der Waals surface area contributed by atoms with E-state index in [4.69, 9.17) is 5.73 Å². The van der Waals surface area contributed by atoms with Crippen molar-refractivity contribution in [1.82, 2.24) is 0 Å². The summed E-state index contributed by atoms with van der Waals surface area (Å²) in [7, 11) is -1.28. The first-order valence-corrected chi connectivity index (χ1v) is 6.46. The number of benzene rings is 1. The Labute approximate surface area is 89.6 Å². The van der Waals surface area contributed by atoms with E-state index in [9.17, 15) is 8.42 Å². The molecule has 0 bridgehead atoms. The summed E-state index contributed by atoms with van der Waals surface area (Å²) in [5.74, 6) is 0.108. The van der Waals surface area contributed by atoms with E-state index in [-0.39, 0.29) is 11.8 Å². The number of hydrogen-bond acceptors (Lipinski definition) is 4. The van der Waals surface area contributed by atoms with Crippen LogP contribution in [-0.2, 0) is 9.84 Å². The van der Waals surface area contributed by atoms with Crippen LogP contribution in [0, 0.1) is 0 Å². The van der Waals surface area contributed by atoms with Crippen LogP contribution in [-0.4, -0.2) is 33.8 Å². The second kappa shape index (κ2) is 3.50. The van der Waals surface area contributed by atoms with Crippen molar-refractivity contribution in [1.29, 1.82) is 0 Å². The summed E-state index contributed by atoms with van der Waals surface area (Å²) in [5, 5.41) is 0. The molecule has 0 saturated carbocycles. The monoisotopic (exact) mass is 226 g/mol. The van der Waals surface area contributed by atoms with Gasteiger partial charge in [0, 0.05) is 13.6 Å². The van der Waals surface area contributed by atoms with E-state index in [1.54, 1.807) is 12.1 Å². The molecule has 1 heterocycles. The van der Waals surface area contributed by atoms with Crippen LogP contribution in [0.3, 0.4) is 0 Å². The largest absolute Gasteiger partial charge is 0.368 e. The number of nitrogens with zero attached hydrogens (tertiary/aromatic N) is 1. The molecular weight excluding hydrogens is 212 g/mol. The number of rotatable bonds is 1. The Morgan fingerprint density at radius 3 is 2.80 bits per heavy atom. The van der Waals surface area contributed by atoms with Gasteiger partial charge in [-0.15, -0.1) is 0 Å². The van der Waals surface area contributed by atoms with Gasteiger partial charge in [-0.05, 0) is 12.1 Å². The zero-order valence-corrected chi connectivity index (χ0v) is 9.37. The second-order valence-corrected chi connectivity index (χ2v) is 5.75. The van der Waals surface area contributed by atoms with Crippen LogP contribution in [0.5, 0.6) is 0 Å². The lowest BCUT2D eigenvalue weighted by atomic mass is 10.2. The molecule has 0 fully saturated rings. The third-order valence-corrected chi connectivity index (χ3v) is 4.65. The maximum Gasteiger partial charge on any atom is 0.182 e. The van der Waals surface area contributed by atoms with Crippen molar-refractivity contribution in [3.63, 3.8) is 0 Å². The van der Waals surface area contributed by atoms with Gasteiger partial charge in [0.05, 0.1) is 22.4 Å². The normalized spacial score (nSPS) is 23.6. The molecule has 0 radical (unpaired) electrons. The van der Waals surface area contributed by atoms with Crippen LogP contribution < -0.4 is 10.6 Å². The van der Waals surface area contributed by atoms with E-state index < -0.39 is 9.84 Å². The molecule has 1 unspecified atom stereocenters. The van der Waals surface area contributed by atoms with Crippen LogP contribution in [0.25, 0.3) is 0 Å². The number of fused-ring (bicyclic) bond motifs is 1. The van der Waals surface area contributed by atoms with Gasteiger partial charge in [0.25, 0.3) is 0 Å². The van der Waals surface area contributed by atoms with Gasteiger partial charge in [-0.3, -0.25) is 0 Å². The zero-order valence-electron chi connectivity index (χ0n) is 8.55. The number of likely N-dealkylation sites (N-methyl/N-ethyl adjacent to an activating group) is 1. The average Bonchev–Trinajstić information content (AvgIpc) is 2.24. The van der Waals surface area contributed by atoms with Gasteiger partial charge in [0.15, 0.2) is 9.84 Å². The van der Waals surface area contributed by atoms with Crippen molar-refractivity contribution in [3.05, 3.63) is 24.3 Å². The Hall–Kier alpha value is -1.07. The van der Waals surface area contributed by atoms with Crippen molar-refractivity contribution in [2.45, 2.75) is 10.9 Å². The summed E-state index contributed by atoms with van der Waals surface area (Å²) in [6.45, 7) is 0.351. The van der Waals surface area contributed by atoms with Crippen molar-refractivity contribution in [2.24, 2.45) is 5.73 Å². The number of nitrogens with two attached hydrogens (primary N) is 1. The van der Waals surface area contributed by atoms with E-state index >= 15 is 0 Å². The lowest BCUT2D eigenvalue weighted by Crippen LogP contribution is -2.46. The van der Waals surface area contributed by atoms with Gasteiger partial charge in [-0.25, -0.2) is 8.42 Å². The second-order valence-electron chi connectivity index (χ2n) is 3.75. The molecule has 1 aliphatic heterocycles. The highest BCUT2D eigenvalue weighted by Gasteiger charge is 2.32. The number of sulfone groups is 1. The SMILES string of the molecule is CN1c2ccccc2S(=O)(=O)CC1CN. The van der Waals surface area contributed by atoms with E-state index in [2.05, 4.69) is 0 Å². The predicted molar refractivity (Wildman–Crippen MR) is 59.7 cm³/mol. The highest BCUT2D eigenvalue weighted by molar-refractivity contribution is 7.91. The van der Waals surface area contributed by atoms with E-state index in [0.717, 1.165) is 5.69 Å². The first-order valence-electron chi connectivity index (χ1n) is 4.81. The summed E-state index contributed by atoms with van der Waals surface area (Å²) < 4.78 is 23.8. The molecule has 2 rings (SSSR count). The number of hydrogen-bond donors (Lipinski definition) is 1. The molecule has 1 aliphatic rings. The van der Waals surface area contributed by atoms with E-state index in [1.165, 1.54) is 0 Å². The molecule has 0 saturated heterocycles. The maximum absolute atomic E-state index is 11.9. The molecular formula is C10H14N2O2S. The summed E-state index contributed by atoms with van der Waals surface area (Å²) in [4.78, 5) is 2.35. The lowest BCUT2D eigenvalue weighted by molar-refractivity contribution is 0.573. The fourth-order valence-electron chi connectivity index (χ4n) is 1.89. The van der Waals surface area contributed by atoms with Gasteiger partial charge in [-0.1, -0.05) is 12.1 Å². The lowest BCUT2D eigenvalue weighted by Gasteiger charge is -2.34. The molecule has 0 amide bonds. The van der Waals surface area contributed by atoms with E-state index in [1.807, 2.05) is 24.1 Å². The Morgan fingerprint density at radius 2 is 2.13 bits per heavy atom. The molecule has 4 nitrogen and oxygen atoms in total. The summed E-state index contributed by atoms with van der Waals surface area (Å²) in [5.41, 5.74) is 6.32. The molecule has 2 N–H and O–H groups in total. The first-order chi connectivity index (χ1) is 7.06. The third kappa shape index (κ3) is 1.61. The van der Waals surface area contributed by atoms with Crippen LogP contribution in [0.15, 0.2) is 29.2 Å². The van der Waals surface area contributed by atoms with Crippen molar-refractivity contribution in [2.75, 3.05) is 24.2 Å². The number of para-hydroxylation sites is 1. The number of anilines is 1. The molecule has 15 heavy (non-hydrogen) atoms. The topological polar surface area (TPSA) is 63.4 Å². The minimum Gasteiger partial charge on any atom is -0.368 e. The van der Waals surface area contributed by atoms with Gasteiger partial charge >= 0.3 is 0 Å². The van der Waals surface area contributed by atoms with Gasteiger partial charge in [-0.2, -0.15) is 0 Å². The van der Waals surface area contributed by atoms with Gasteiger partial charge in [0.1, 0.15) is 0 Å². The molecule has 0 aromatic heterocycles. The molecule has 0 aliphatic carbocycles. The van der Waals surface area contributed by atoms with Crippen LogP contribution >= 0.6 is 0 Å². The average molecular weight is 226 g/mol. The standard InChI is InChI=1S/C10H14N2O2S/c1-12-8(6-11)7-15(13,14)10-5-3-2-4-9(10)12/h2-5,8H,6-7,11H2,1H3. The molecule has 1 aromatic carbocycles. The molecule has 5 heteroatoms. The maximum atomic E-state index is 11.9. The highest BCUT2D eigenvalue weighted by atomic mass is 32.2. The summed E-state index contributed by atoms with van der Waals surface area (Å²) >= 11 is 0. The molecule has 82 valence electrons. The minimum atomic E-state index is -3.16. The Kier molecular flexibility index (Phi) is 2.44. The molecule has 0 spiro atoms. The summed E-state index contributed by atoms with van der Waals surface area (Å²) in [6.07, 6.45) is 0. The third-order valence-electron chi connectivity index (χ3n) is 2.81. The quantitative estimate of drug-likeness (QED) is 0.745. The Bertz CT molecular complexity index is 470. The van der Waals surface area contributed by atoms with Gasteiger partial charge < -0.3 is 10.6 Å². The fraction of sp³-hybridized carbons (Fsp3) is 0.400. The van der Waals surface area contributed by atoms with Gasteiger partial charge in [0.2, 0.25) is 0 Å². The molecule has 1 atom stereocenters. The van der Waals surface area contributed by atoms with Crippen LogP contribution in [0.1, 0.15) is 0 Å². The Balaban J connectivity index is 2.60. The Morgan fingerprint density at radius 1 is 1.47 bits per heavy atom. The zero-order chi connectivity index (χ0) is 11.1.